The molecule has 1 saturated heterocycles. The minimum absolute atomic E-state index is 0.0248. The predicted octanol–water partition coefficient (Wildman–Crippen LogP) is 0.856. The first-order valence-electron chi connectivity index (χ1n) is 6.16. The highest BCUT2D eigenvalue weighted by Crippen LogP contribution is 2.17. The molecule has 4 nitrogen and oxygen atoms in total. The molecule has 1 rings (SSSR count). The predicted molar refractivity (Wildman–Crippen MR) is 64.0 cm³/mol. The Morgan fingerprint density at radius 2 is 2.06 bits per heavy atom. The maximum absolute atomic E-state index is 12.1. The monoisotopic (exact) mass is 228 g/mol. The number of ether oxygens (including phenoxy) is 1. The number of hydrogen-bond donors (Lipinski definition) is 1. The second-order valence-electron chi connectivity index (χ2n) is 4.76. The molecule has 0 aromatic rings. The van der Waals surface area contributed by atoms with Crippen molar-refractivity contribution in [3.8, 4) is 0 Å². The van der Waals surface area contributed by atoms with Gasteiger partial charge in [-0.2, -0.15) is 0 Å². The van der Waals surface area contributed by atoms with Gasteiger partial charge in [-0.05, 0) is 25.2 Å². The van der Waals surface area contributed by atoms with Crippen LogP contribution in [0.25, 0.3) is 0 Å². The minimum Gasteiger partial charge on any atom is -0.384 e. The third-order valence-corrected chi connectivity index (χ3v) is 3.19. The van der Waals surface area contributed by atoms with Gasteiger partial charge in [0, 0.05) is 33.4 Å². The molecule has 1 fully saturated rings. The average Bonchev–Trinajstić information content (AvgIpc) is 2.78. The van der Waals surface area contributed by atoms with Crippen molar-refractivity contribution in [3.05, 3.63) is 0 Å². The summed E-state index contributed by atoms with van der Waals surface area (Å²) in [5, 5.41) is 0. The maximum Gasteiger partial charge on any atom is 0.226 e. The number of hydrogen-bond acceptors (Lipinski definition) is 3. The number of nitrogens with zero attached hydrogens (tertiary/aromatic N) is 1. The third-order valence-electron chi connectivity index (χ3n) is 3.19. The van der Waals surface area contributed by atoms with Gasteiger partial charge in [0.15, 0.2) is 0 Å². The van der Waals surface area contributed by atoms with Crippen LogP contribution in [-0.2, 0) is 9.53 Å². The van der Waals surface area contributed by atoms with Crippen LogP contribution < -0.4 is 5.73 Å². The fraction of sp³-hybridized carbons (Fsp3) is 0.917. The molecule has 0 aromatic heterocycles. The summed E-state index contributed by atoms with van der Waals surface area (Å²) in [6, 6.07) is 0. The zero-order valence-electron chi connectivity index (χ0n) is 10.4. The molecule has 1 amide bonds. The highest BCUT2D eigenvalue weighted by atomic mass is 16.5. The standard InChI is InChI=1S/C12H24N2O2/c1-10(9-16-2)7-11(8-13)12(15)14-5-3-4-6-14/h10-11H,3-9,13H2,1-2H3. The molecule has 1 heterocycles. The zero-order valence-corrected chi connectivity index (χ0v) is 10.4. The molecule has 4 heteroatoms. The lowest BCUT2D eigenvalue weighted by molar-refractivity contribution is -0.134. The lowest BCUT2D eigenvalue weighted by Crippen LogP contribution is -2.38. The van der Waals surface area contributed by atoms with Gasteiger partial charge in [0.1, 0.15) is 0 Å². The van der Waals surface area contributed by atoms with Gasteiger partial charge in [-0.15, -0.1) is 0 Å². The molecule has 1 aliphatic heterocycles. The molecular weight excluding hydrogens is 204 g/mol. The van der Waals surface area contributed by atoms with Crippen LogP contribution >= 0.6 is 0 Å². The van der Waals surface area contributed by atoms with Crippen LogP contribution in [0.5, 0.6) is 0 Å². The van der Waals surface area contributed by atoms with Gasteiger partial charge in [-0.3, -0.25) is 4.79 Å². The Morgan fingerprint density at radius 1 is 1.44 bits per heavy atom. The number of carbonyl (C=O) groups excluding carboxylic acids is 1. The molecule has 0 radical (unpaired) electrons. The smallest absolute Gasteiger partial charge is 0.226 e. The first kappa shape index (κ1) is 13.5. The Balaban J connectivity index is 2.42. The summed E-state index contributed by atoms with van der Waals surface area (Å²) in [6.45, 7) is 5.07. The van der Waals surface area contributed by atoms with Gasteiger partial charge in [0.25, 0.3) is 0 Å². The number of rotatable bonds is 6. The van der Waals surface area contributed by atoms with Crippen LogP contribution in [0.2, 0.25) is 0 Å². The van der Waals surface area contributed by atoms with Crippen LogP contribution in [0.3, 0.4) is 0 Å². The Morgan fingerprint density at radius 3 is 2.56 bits per heavy atom. The number of nitrogens with two attached hydrogens (primary N) is 1. The summed E-state index contributed by atoms with van der Waals surface area (Å²) >= 11 is 0. The molecule has 1 aliphatic rings. The number of amides is 1. The van der Waals surface area contributed by atoms with Gasteiger partial charge in [-0.1, -0.05) is 6.92 Å². The van der Waals surface area contributed by atoms with E-state index in [0.717, 1.165) is 32.4 Å². The molecule has 2 unspecified atom stereocenters. The van der Waals surface area contributed by atoms with Crippen LogP contribution in [-0.4, -0.2) is 44.2 Å². The lowest BCUT2D eigenvalue weighted by atomic mass is 9.95. The normalized spacial score (nSPS) is 19.8. The van der Waals surface area contributed by atoms with Gasteiger partial charge in [0.2, 0.25) is 5.91 Å². The quantitative estimate of drug-likeness (QED) is 0.733. The Kier molecular flexibility index (Phi) is 5.77. The van der Waals surface area contributed by atoms with Crippen molar-refractivity contribution in [1.82, 2.24) is 4.90 Å². The van der Waals surface area contributed by atoms with Crippen LogP contribution in [0.15, 0.2) is 0 Å². The molecular formula is C12H24N2O2. The third kappa shape index (κ3) is 3.76. The molecule has 0 aliphatic carbocycles. The van der Waals surface area contributed by atoms with Gasteiger partial charge in [0.05, 0.1) is 5.92 Å². The molecule has 0 aromatic carbocycles. The van der Waals surface area contributed by atoms with Crippen molar-refractivity contribution in [3.63, 3.8) is 0 Å². The van der Waals surface area contributed by atoms with Crippen LogP contribution in [0.1, 0.15) is 26.2 Å². The Labute approximate surface area is 98.1 Å². The summed E-state index contributed by atoms with van der Waals surface area (Å²) in [5.74, 6) is 0.608. The van der Waals surface area contributed by atoms with Crippen molar-refractivity contribution in [2.24, 2.45) is 17.6 Å². The van der Waals surface area contributed by atoms with Crippen molar-refractivity contribution in [2.45, 2.75) is 26.2 Å². The molecule has 2 N–H and O–H groups in total. The van der Waals surface area contributed by atoms with Crippen molar-refractivity contribution >= 4 is 5.91 Å². The number of likely N-dealkylation sites (tertiary alicyclic amines) is 1. The number of methoxy groups -OCH3 is 1. The van der Waals surface area contributed by atoms with E-state index >= 15 is 0 Å². The second kappa shape index (κ2) is 6.86. The van der Waals surface area contributed by atoms with E-state index in [9.17, 15) is 4.79 Å². The van der Waals surface area contributed by atoms with Gasteiger partial charge in [-0.25, -0.2) is 0 Å². The van der Waals surface area contributed by atoms with Crippen LogP contribution in [0.4, 0.5) is 0 Å². The van der Waals surface area contributed by atoms with Crippen molar-refractivity contribution in [2.75, 3.05) is 33.4 Å². The summed E-state index contributed by atoms with van der Waals surface area (Å²) in [7, 11) is 1.69. The van der Waals surface area contributed by atoms with E-state index in [1.807, 2.05) is 4.90 Å². The summed E-state index contributed by atoms with van der Waals surface area (Å²) in [5.41, 5.74) is 5.70. The molecule has 0 spiro atoms. The lowest BCUT2D eigenvalue weighted by Gasteiger charge is -2.24. The van der Waals surface area contributed by atoms with E-state index in [1.54, 1.807) is 7.11 Å². The molecule has 94 valence electrons. The Hall–Kier alpha value is -0.610. The second-order valence-corrected chi connectivity index (χ2v) is 4.76. The summed E-state index contributed by atoms with van der Waals surface area (Å²) < 4.78 is 5.09. The van der Waals surface area contributed by atoms with Gasteiger partial charge >= 0.3 is 0 Å². The summed E-state index contributed by atoms with van der Waals surface area (Å²) in [4.78, 5) is 14.1. The fourth-order valence-corrected chi connectivity index (χ4v) is 2.33. The summed E-state index contributed by atoms with van der Waals surface area (Å²) in [6.07, 6.45) is 3.10. The maximum atomic E-state index is 12.1. The van der Waals surface area contributed by atoms with E-state index < -0.39 is 0 Å². The van der Waals surface area contributed by atoms with E-state index in [2.05, 4.69) is 6.92 Å². The molecule has 2 atom stereocenters. The SMILES string of the molecule is COCC(C)CC(CN)C(=O)N1CCCC1. The Bertz CT molecular complexity index is 215. The highest BCUT2D eigenvalue weighted by molar-refractivity contribution is 5.79. The van der Waals surface area contributed by atoms with E-state index in [1.165, 1.54) is 0 Å². The zero-order chi connectivity index (χ0) is 12.0. The topological polar surface area (TPSA) is 55.6 Å². The van der Waals surface area contributed by atoms with E-state index in [4.69, 9.17) is 10.5 Å². The molecule has 16 heavy (non-hydrogen) atoms. The van der Waals surface area contributed by atoms with E-state index in [0.29, 0.717) is 19.1 Å². The van der Waals surface area contributed by atoms with Crippen molar-refractivity contribution < 1.29 is 9.53 Å². The molecule has 0 saturated carbocycles. The first-order chi connectivity index (χ1) is 7.69. The van der Waals surface area contributed by atoms with E-state index in [-0.39, 0.29) is 11.8 Å². The van der Waals surface area contributed by atoms with Crippen LogP contribution in [0, 0.1) is 11.8 Å². The average molecular weight is 228 g/mol. The van der Waals surface area contributed by atoms with Gasteiger partial charge < -0.3 is 15.4 Å². The molecule has 0 bridgehead atoms. The fourth-order valence-electron chi connectivity index (χ4n) is 2.33. The first-order valence-corrected chi connectivity index (χ1v) is 6.16. The highest BCUT2D eigenvalue weighted by Gasteiger charge is 2.26. The largest absolute Gasteiger partial charge is 0.384 e. The minimum atomic E-state index is -0.0248. The van der Waals surface area contributed by atoms with Crippen molar-refractivity contribution in [1.29, 1.82) is 0 Å². The number of carbonyl (C=O) groups is 1.